The highest BCUT2D eigenvalue weighted by Gasteiger charge is 2.27. The van der Waals surface area contributed by atoms with Crippen molar-refractivity contribution >= 4 is 5.69 Å². The molecule has 2 rings (SSSR count). The fraction of sp³-hybridized carbons (Fsp3) is 0.667. The largest absolute Gasteiger partial charge is 0.366 e. The Labute approximate surface area is 124 Å². The van der Waals surface area contributed by atoms with Crippen LogP contribution >= 0.6 is 0 Å². The number of nitrogens with zero attached hydrogens (tertiary/aromatic N) is 1. The van der Waals surface area contributed by atoms with E-state index in [0.717, 1.165) is 19.0 Å². The molecule has 2 heteroatoms. The summed E-state index contributed by atoms with van der Waals surface area (Å²) >= 11 is 0. The van der Waals surface area contributed by atoms with Crippen LogP contribution in [0.1, 0.15) is 44.7 Å². The molecule has 1 heterocycles. The zero-order valence-electron chi connectivity index (χ0n) is 13.7. The number of hydrogen-bond acceptors (Lipinski definition) is 2. The molecule has 0 spiro atoms. The molecule has 0 amide bonds. The summed E-state index contributed by atoms with van der Waals surface area (Å²) in [6.45, 7) is 13.6. The van der Waals surface area contributed by atoms with E-state index in [4.69, 9.17) is 0 Å². The molecule has 1 aromatic carbocycles. The third-order valence-corrected chi connectivity index (χ3v) is 4.55. The second-order valence-corrected chi connectivity index (χ2v) is 6.72. The maximum absolute atomic E-state index is 3.74. The van der Waals surface area contributed by atoms with Gasteiger partial charge in [-0.1, -0.05) is 26.8 Å². The van der Waals surface area contributed by atoms with Gasteiger partial charge in [-0.15, -0.1) is 0 Å². The van der Waals surface area contributed by atoms with Crippen molar-refractivity contribution in [2.75, 3.05) is 18.0 Å². The van der Waals surface area contributed by atoms with Crippen LogP contribution in [0.2, 0.25) is 0 Å². The maximum Gasteiger partial charge on any atom is 0.0412 e. The lowest BCUT2D eigenvalue weighted by Gasteiger charge is -2.42. The van der Waals surface area contributed by atoms with Crippen molar-refractivity contribution in [1.29, 1.82) is 0 Å². The van der Waals surface area contributed by atoms with Gasteiger partial charge in [-0.05, 0) is 55.9 Å². The van der Waals surface area contributed by atoms with Crippen LogP contribution in [0, 0.1) is 19.8 Å². The lowest BCUT2D eigenvalue weighted by Crippen LogP contribution is -2.56. The summed E-state index contributed by atoms with van der Waals surface area (Å²) in [6.07, 6.45) is 2.46. The number of hydrogen-bond donors (Lipinski definition) is 1. The highest BCUT2D eigenvalue weighted by molar-refractivity contribution is 5.52. The molecule has 0 aromatic heterocycles. The van der Waals surface area contributed by atoms with Crippen LogP contribution in [0.4, 0.5) is 5.69 Å². The molecule has 2 nitrogen and oxygen atoms in total. The topological polar surface area (TPSA) is 15.3 Å². The number of piperazine rings is 1. The van der Waals surface area contributed by atoms with Crippen LogP contribution < -0.4 is 10.2 Å². The molecule has 1 N–H and O–H groups in total. The van der Waals surface area contributed by atoms with Gasteiger partial charge in [0.25, 0.3) is 0 Å². The highest BCUT2D eigenvalue weighted by atomic mass is 15.2. The normalized spacial score (nSPS) is 23.4. The zero-order chi connectivity index (χ0) is 14.7. The summed E-state index contributed by atoms with van der Waals surface area (Å²) in [4.78, 5) is 2.62. The number of anilines is 1. The summed E-state index contributed by atoms with van der Waals surface area (Å²) in [5, 5.41) is 3.74. The Kier molecular flexibility index (Phi) is 5.09. The molecular weight excluding hydrogens is 244 g/mol. The van der Waals surface area contributed by atoms with E-state index in [2.05, 4.69) is 63.0 Å². The minimum absolute atomic E-state index is 0.624. The summed E-state index contributed by atoms with van der Waals surface area (Å²) < 4.78 is 0. The van der Waals surface area contributed by atoms with Crippen LogP contribution in [0.15, 0.2) is 18.2 Å². The van der Waals surface area contributed by atoms with Gasteiger partial charge in [0, 0.05) is 30.9 Å². The van der Waals surface area contributed by atoms with E-state index in [1.165, 1.54) is 29.7 Å². The van der Waals surface area contributed by atoms with Crippen molar-refractivity contribution in [2.24, 2.45) is 5.92 Å². The van der Waals surface area contributed by atoms with E-state index in [0.29, 0.717) is 12.1 Å². The van der Waals surface area contributed by atoms with Crippen molar-refractivity contribution in [2.45, 2.75) is 59.5 Å². The minimum Gasteiger partial charge on any atom is -0.366 e. The molecule has 0 radical (unpaired) electrons. The predicted octanol–water partition coefficient (Wildman–Crippen LogP) is 3.91. The zero-order valence-corrected chi connectivity index (χ0v) is 13.7. The van der Waals surface area contributed by atoms with E-state index in [1.807, 2.05) is 0 Å². The van der Waals surface area contributed by atoms with Crippen molar-refractivity contribution in [3.05, 3.63) is 29.3 Å². The summed E-state index contributed by atoms with van der Waals surface area (Å²) in [6, 6.07) is 8.16. The number of nitrogens with one attached hydrogen (secondary N) is 1. The molecule has 1 aliphatic rings. The molecular formula is C18H30N2. The first-order valence-corrected chi connectivity index (χ1v) is 8.08. The molecule has 0 saturated carbocycles. The maximum atomic E-state index is 3.74. The number of aryl methyl sites for hydroxylation is 2. The van der Waals surface area contributed by atoms with Crippen LogP contribution in [0.5, 0.6) is 0 Å². The molecule has 2 atom stereocenters. The Morgan fingerprint density at radius 2 is 2.00 bits per heavy atom. The van der Waals surface area contributed by atoms with Crippen molar-refractivity contribution in [1.82, 2.24) is 5.32 Å². The first kappa shape index (κ1) is 15.4. The highest BCUT2D eigenvalue weighted by Crippen LogP contribution is 2.25. The van der Waals surface area contributed by atoms with Crippen LogP contribution in [0.25, 0.3) is 0 Å². The van der Waals surface area contributed by atoms with Gasteiger partial charge in [-0.3, -0.25) is 0 Å². The second kappa shape index (κ2) is 6.62. The third-order valence-electron chi connectivity index (χ3n) is 4.55. The van der Waals surface area contributed by atoms with Gasteiger partial charge < -0.3 is 10.2 Å². The number of rotatable bonds is 4. The summed E-state index contributed by atoms with van der Waals surface area (Å²) in [7, 11) is 0. The Balaban J connectivity index is 2.17. The SMILES string of the molecule is CCC1CNC(CC(C)C)CN1c1ccc(C)c(C)c1. The summed E-state index contributed by atoms with van der Waals surface area (Å²) in [5.41, 5.74) is 4.18. The molecule has 1 aliphatic heterocycles. The predicted molar refractivity (Wildman–Crippen MR) is 88.6 cm³/mol. The van der Waals surface area contributed by atoms with E-state index < -0.39 is 0 Å². The Morgan fingerprint density at radius 3 is 2.60 bits per heavy atom. The molecule has 1 saturated heterocycles. The van der Waals surface area contributed by atoms with Crippen molar-refractivity contribution in [3.8, 4) is 0 Å². The van der Waals surface area contributed by atoms with Crippen LogP contribution in [0.3, 0.4) is 0 Å². The van der Waals surface area contributed by atoms with Crippen LogP contribution in [-0.4, -0.2) is 25.2 Å². The Hall–Kier alpha value is -1.02. The van der Waals surface area contributed by atoms with E-state index in [-0.39, 0.29) is 0 Å². The van der Waals surface area contributed by atoms with Gasteiger partial charge in [0.05, 0.1) is 0 Å². The van der Waals surface area contributed by atoms with Gasteiger partial charge >= 0.3 is 0 Å². The van der Waals surface area contributed by atoms with E-state index in [1.54, 1.807) is 0 Å². The first-order chi connectivity index (χ1) is 9.51. The molecule has 1 aromatic rings. The van der Waals surface area contributed by atoms with Crippen molar-refractivity contribution < 1.29 is 0 Å². The van der Waals surface area contributed by atoms with Gasteiger partial charge in [-0.2, -0.15) is 0 Å². The first-order valence-electron chi connectivity index (χ1n) is 8.08. The van der Waals surface area contributed by atoms with E-state index in [9.17, 15) is 0 Å². The molecule has 2 unspecified atom stereocenters. The molecule has 112 valence electrons. The quantitative estimate of drug-likeness (QED) is 0.895. The third kappa shape index (κ3) is 3.54. The average Bonchev–Trinajstić information content (AvgIpc) is 2.41. The van der Waals surface area contributed by atoms with Gasteiger partial charge in [0.1, 0.15) is 0 Å². The molecule has 0 bridgehead atoms. The lowest BCUT2D eigenvalue weighted by atomic mass is 9.98. The molecule has 1 fully saturated rings. The smallest absolute Gasteiger partial charge is 0.0412 e. The Morgan fingerprint density at radius 1 is 1.25 bits per heavy atom. The fourth-order valence-electron chi connectivity index (χ4n) is 3.18. The van der Waals surface area contributed by atoms with Crippen LogP contribution in [-0.2, 0) is 0 Å². The molecule has 20 heavy (non-hydrogen) atoms. The van der Waals surface area contributed by atoms with Crippen molar-refractivity contribution in [3.63, 3.8) is 0 Å². The Bertz CT molecular complexity index is 439. The van der Waals surface area contributed by atoms with E-state index >= 15 is 0 Å². The standard InChI is InChI=1S/C18H30N2/c1-6-17-11-19-16(9-13(2)3)12-20(17)18-8-7-14(4)15(5)10-18/h7-8,10,13,16-17,19H,6,9,11-12H2,1-5H3. The molecule has 0 aliphatic carbocycles. The number of benzene rings is 1. The summed E-state index contributed by atoms with van der Waals surface area (Å²) in [5.74, 6) is 0.757. The lowest BCUT2D eigenvalue weighted by molar-refractivity contribution is 0.343. The average molecular weight is 274 g/mol. The second-order valence-electron chi connectivity index (χ2n) is 6.72. The van der Waals surface area contributed by atoms with Gasteiger partial charge in [0.15, 0.2) is 0 Å². The minimum atomic E-state index is 0.624. The van der Waals surface area contributed by atoms with Gasteiger partial charge in [-0.25, -0.2) is 0 Å². The van der Waals surface area contributed by atoms with Gasteiger partial charge in [0.2, 0.25) is 0 Å². The fourth-order valence-corrected chi connectivity index (χ4v) is 3.18. The monoisotopic (exact) mass is 274 g/mol.